The Balaban J connectivity index is 2.46. The molecule has 0 saturated heterocycles. The maximum absolute atomic E-state index is 11.3. The van der Waals surface area contributed by atoms with Gasteiger partial charge in [0.25, 0.3) is 0 Å². The van der Waals surface area contributed by atoms with E-state index < -0.39 is 10.0 Å². The van der Waals surface area contributed by atoms with Gasteiger partial charge < -0.3 is 0 Å². The van der Waals surface area contributed by atoms with E-state index in [0.717, 1.165) is 17.4 Å². The van der Waals surface area contributed by atoms with E-state index in [1.165, 1.54) is 5.56 Å². The van der Waals surface area contributed by atoms with Gasteiger partial charge in [-0.05, 0) is 34.7 Å². The molecule has 0 aliphatic rings. The summed E-state index contributed by atoms with van der Waals surface area (Å²) in [5.74, 6) is 0.415. The van der Waals surface area contributed by atoms with Crippen molar-refractivity contribution >= 4 is 15.7 Å². The Morgan fingerprint density at radius 1 is 1.00 bits per heavy atom. The van der Waals surface area contributed by atoms with Crippen LogP contribution >= 0.6 is 0 Å². The van der Waals surface area contributed by atoms with Gasteiger partial charge in [-0.3, -0.25) is 4.72 Å². The molecule has 0 amide bonds. The number of rotatable bonds is 4. The van der Waals surface area contributed by atoms with E-state index in [0.29, 0.717) is 11.6 Å². The molecule has 2 aromatic carbocycles. The molecule has 3 nitrogen and oxygen atoms in total. The molecule has 106 valence electrons. The first-order chi connectivity index (χ1) is 9.37. The van der Waals surface area contributed by atoms with Gasteiger partial charge in [0.05, 0.1) is 6.26 Å². The van der Waals surface area contributed by atoms with E-state index >= 15 is 0 Å². The van der Waals surface area contributed by atoms with E-state index in [4.69, 9.17) is 0 Å². The van der Waals surface area contributed by atoms with E-state index in [2.05, 4.69) is 30.7 Å². The minimum absolute atomic E-state index is 0.415. The van der Waals surface area contributed by atoms with Crippen LogP contribution in [0.5, 0.6) is 0 Å². The maximum atomic E-state index is 11.3. The summed E-state index contributed by atoms with van der Waals surface area (Å²) in [6.07, 6.45) is 1.15. The number of hydrogen-bond donors (Lipinski definition) is 1. The van der Waals surface area contributed by atoms with E-state index in [1.807, 2.05) is 30.3 Å². The van der Waals surface area contributed by atoms with Crippen molar-refractivity contribution in [3.05, 3.63) is 54.1 Å². The van der Waals surface area contributed by atoms with Gasteiger partial charge in [0.1, 0.15) is 0 Å². The first kappa shape index (κ1) is 14.6. The fourth-order valence-corrected chi connectivity index (χ4v) is 2.78. The molecule has 20 heavy (non-hydrogen) atoms. The fourth-order valence-electron chi connectivity index (χ4n) is 2.23. The lowest BCUT2D eigenvalue weighted by molar-refractivity contribution is 0.607. The molecule has 2 aromatic rings. The van der Waals surface area contributed by atoms with Crippen molar-refractivity contribution < 1.29 is 8.42 Å². The van der Waals surface area contributed by atoms with Crippen LogP contribution in [0.15, 0.2) is 48.5 Å². The van der Waals surface area contributed by atoms with Crippen molar-refractivity contribution in [3.8, 4) is 11.1 Å². The Bertz CT molecular complexity index is 706. The second-order valence-electron chi connectivity index (χ2n) is 5.20. The molecule has 0 saturated carbocycles. The van der Waals surface area contributed by atoms with Gasteiger partial charge in [-0.2, -0.15) is 0 Å². The van der Waals surface area contributed by atoms with Gasteiger partial charge in [-0.1, -0.05) is 50.2 Å². The summed E-state index contributed by atoms with van der Waals surface area (Å²) in [6.45, 7) is 4.30. The summed E-state index contributed by atoms with van der Waals surface area (Å²) in [6, 6.07) is 15.7. The van der Waals surface area contributed by atoms with Gasteiger partial charge in [0, 0.05) is 5.69 Å². The average Bonchev–Trinajstić information content (AvgIpc) is 2.37. The van der Waals surface area contributed by atoms with Gasteiger partial charge in [0.15, 0.2) is 0 Å². The second kappa shape index (κ2) is 5.67. The molecule has 0 fully saturated rings. The molecule has 1 N–H and O–H groups in total. The number of anilines is 1. The average molecular weight is 289 g/mol. The molecule has 0 aliphatic heterocycles. The zero-order valence-electron chi connectivity index (χ0n) is 11.9. The molecular formula is C16H19NO2S. The summed E-state index contributed by atoms with van der Waals surface area (Å²) < 4.78 is 25.1. The highest BCUT2D eigenvalue weighted by molar-refractivity contribution is 7.92. The third-order valence-corrected chi connectivity index (χ3v) is 3.67. The Labute approximate surface area is 120 Å². The molecule has 0 radical (unpaired) electrons. The first-order valence-electron chi connectivity index (χ1n) is 6.54. The molecule has 0 heterocycles. The maximum Gasteiger partial charge on any atom is 0.229 e. The predicted octanol–water partition coefficient (Wildman–Crippen LogP) is 3.85. The number of nitrogens with one attached hydrogen (secondary N) is 1. The van der Waals surface area contributed by atoms with E-state index in [9.17, 15) is 8.42 Å². The lowest BCUT2D eigenvalue weighted by Crippen LogP contribution is -2.09. The number of hydrogen-bond acceptors (Lipinski definition) is 2. The van der Waals surface area contributed by atoms with Crippen LogP contribution in [-0.4, -0.2) is 14.7 Å². The lowest BCUT2D eigenvalue weighted by Gasteiger charge is -2.14. The van der Waals surface area contributed by atoms with Crippen LogP contribution in [0, 0.1) is 0 Å². The molecule has 0 bridgehead atoms. The molecule has 0 spiro atoms. The van der Waals surface area contributed by atoms with Crippen molar-refractivity contribution in [1.82, 2.24) is 0 Å². The third kappa shape index (κ3) is 3.61. The van der Waals surface area contributed by atoms with Crippen LogP contribution < -0.4 is 4.72 Å². The molecule has 4 heteroatoms. The topological polar surface area (TPSA) is 46.2 Å². The van der Waals surface area contributed by atoms with Gasteiger partial charge >= 0.3 is 0 Å². The van der Waals surface area contributed by atoms with Gasteiger partial charge in [-0.25, -0.2) is 8.42 Å². The van der Waals surface area contributed by atoms with Crippen molar-refractivity contribution in [2.24, 2.45) is 0 Å². The normalized spacial score (nSPS) is 11.6. The Morgan fingerprint density at radius 3 is 2.35 bits per heavy atom. The molecule has 2 rings (SSSR count). The minimum atomic E-state index is -3.25. The highest BCUT2D eigenvalue weighted by Crippen LogP contribution is 2.30. The molecule has 0 aromatic heterocycles. The minimum Gasteiger partial charge on any atom is -0.284 e. The SMILES string of the molecule is CC(C)c1ccccc1-c1cccc(NS(C)(=O)=O)c1. The van der Waals surface area contributed by atoms with Crippen molar-refractivity contribution in [2.75, 3.05) is 11.0 Å². The summed E-state index contributed by atoms with van der Waals surface area (Å²) in [7, 11) is -3.25. The second-order valence-corrected chi connectivity index (χ2v) is 6.95. The fraction of sp³-hybridized carbons (Fsp3) is 0.250. The first-order valence-corrected chi connectivity index (χ1v) is 8.43. The summed E-state index contributed by atoms with van der Waals surface area (Å²) >= 11 is 0. The largest absolute Gasteiger partial charge is 0.284 e. The highest BCUT2D eigenvalue weighted by Gasteiger charge is 2.09. The molecular weight excluding hydrogens is 270 g/mol. The van der Waals surface area contributed by atoms with Crippen LogP contribution in [0.25, 0.3) is 11.1 Å². The standard InChI is InChI=1S/C16H19NO2S/c1-12(2)15-9-4-5-10-16(15)13-7-6-8-14(11-13)17-20(3,18)19/h4-12,17H,1-3H3. The van der Waals surface area contributed by atoms with Crippen molar-refractivity contribution in [3.63, 3.8) is 0 Å². The van der Waals surface area contributed by atoms with Crippen LogP contribution in [0.1, 0.15) is 25.3 Å². The quantitative estimate of drug-likeness (QED) is 0.929. The third-order valence-electron chi connectivity index (χ3n) is 3.06. The molecule has 0 unspecified atom stereocenters. The monoisotopic (exact) mass is 289 g/mol. The van der Waals surface area contributed by atoms with Crippen LogP contribution in [-0.2, 0) is 10.0 Å². The Hall–Kier alpha value is -1.81. The van der Waals surface area contributed by atoms with Crippen molar-refractivity contribution in [2.45, 2.75) is 19.8 Å². The van der Waals surface area contributed by atoms with Crippen LogP contribution in [0.4, 0.5) is 5.69 Å². The molecule has 0 atom stereocenters. The summed E-state index contributed by atoms with van der Waals surface area (Å²) in [5.41, 5.74) is 4.00. The Morgan fingerprint density at radius 2 is 1.70 bits per heavy atom. The zero-order chi connectivity index (χ0) is 14.8. The Kier molecular flexibility index (Phi) is 4.14. The highest BCUT2D eigenvalue weighted by atomic mass is 32.2. The van der Waals surface area contributed by atoms with Crippen molar-refractivity contribution in [1.29, 1.82) is 0 Å². The summed E-state index contributed by atoms with van der Waals surface area (Å²) in [5, 5.41) is 0. The molecule has 0 aliphatic carbocycles. The van der Waals surface area contributed by atoms with E-state index in [1.54, 1.807) is 6.07 Å². The smallest absolute Gasteiger partial charge is 0.229 e. The summed E-state index contributed by atoms with van der Waals surface area (Å²) in [4.78, 5) is 0. The predicted molar refractivity (Wildman–Crippen MR) is 84.4 cm³/mol. The zero-order valence-corrected chi connectivity index (χ0v) is 12.7. The van der Waals surface area contributed by atoms with Gasteiger partial charge in [0.2, 0.25) is 10.0 Å². The number of benzene rings is 2. The van der Waals surface area contributed by atoms with E-state index in [-0.39, 0.29) is 0 Å². The number of sulfonamides is 1. The van der Waals surface area contributed by atoms with Gasteiger partial charge in [-0.15, -0.1) is 0 Å². The lowest BCUT2D eigenvalue weighted by atomic mass is 9.92. The van der Waals surface area contributed by atoms with Crippen LogP contribution in [0.3, 0.4) is 0 Å². The van der Waals surface area contributed by atoms with Crippen LogP contribution in [0.2, 0.25) is 0 Å².